The fraction of sp³-hybridized carbons (Fsp3) is 0.375. The Kier molecular flexibility index (Phi) is 6.42. The number of guanidine groups is 1. The number of benzene rings is 2. The van der Waals surface area contributed by atoms with Crippen LogP contribution in [0.25, 0.3) is 0 Å². The van der Waals surface area contributed by atoms with Crippen LogP contribution in [0.3, 0.4) is 0 Å². The van der Waals surface area contributed by atoms with E-state index in [1.54, 1.807) is 12.7 Å². The molecule has 0 saturated carbocycles. The van der Waals surface area contributed by atoms with Gasteiger partial charge in [-0.3, -0.25) is 4.99 Å². The number of hydrogen-bond donors (Lipinski definition) is 1. The van der Waals surface area contributed by atoms with Gasteiger partial charge in [0.2, 0.25) is 0 Å². The second kappa shape index (κ2) is 9.57. The van der Waals surface area contributed by atoms with Crippen LogP contribution in [0.15, 0.2) is 72.2 Å². The monoisotopic (exact) mass is 402 g/mol. The maximum atomic E-state index is 4.55. The number of nitrogens with zero attached hydrogens (tertiary/aromatic N) is 5. The summed E-state index contributed by atoms with van der Waals surface area (Å²) in [5.74, 6) is 2.19. The van der Waals surface area contributed by atoms with Crippen molar-refractivity contribution >= 4 is 5.96 Å². The van der Waals surface area contributed by atoms with Gasteiger partial charge >= 0.3 is 0 Å². The molecule has 0 spiro atoms. The Bertz CT molecular complexity index is 951. The van der Waals surface area contributed by atoms with Crippen molar-refractivity contribution in [2.45, 2.75) is 32.4 Å². The average Bonchev–Trinajstić information content (AvgIpc) is 3.28. The highest BCUT2D eigenvalue weighted by Crippen LogP contribution is 2.32. The summed E-state index contributed by atoms with van der Waals surface area (Å²) in [6, 6.07) is 19.5. The molecule has 2 unspecified atom stereocenters. The number of rotatable bonds is 5. The van der Waals surface area contributed by atoms with E-state index in [4.69, 9.17) is 0 Å². The van der Waals surface area contributed by atoms with Gasteiger partial charge in [-0.25, -0.2) is 9.67 Å². The first kappa shape index (κ1) is 20.1. The van der Waals surface area contributed by atoms with Gasteiger partial charge in [0.1, 0.15) is 12.7 Å². The van der Waals surface area contributed by atoms with Crippen molar-refractivity contribution in [1.82, 2.24) is 25.0 Å². The van der Waals surface area contributed by atoms with Crippen LogP contribution in [0.1, 0.15) is 36.0 Å². The van der Waals surface area contributed by atoms with Gasteiger partial charge in [0.25, 0.3) is 0 Å². The second-order valence-corrected chi connectivity index (χ2v) is 8.04. The van der Waals surface area contributed by atoms with Gasteiger partial charge < -0.3 is 10.2 Å². The molecule has 0 aliphatic carbocycles. The van der Waals surface area contributed by atoms with E-state index in [1.165, 1.54) is 16.7 Å². The highest BCUT2D eigenvalue weighted by Gasteiger charge is 2.28. The SMILES string of the molecule is CN=C(NCc1cccc(Cn2cncn2)c1)N1CCC(c2ccccc2)C(C)C1. The van der Waals surface area contributed by atoms with Crippen LogP contribution in [-0.2, 0) is 13.1 Å². The minimum atomic E-state index is 0.589. The molecule has 1 aliphatic rings. The second-order valence-electron chi connectivity index (χ2n) is 8.04. The van der Waals surface area contributed by atoms with Crippen molar-refractivity contribution in [2.75, 3.05) is 20.1 Å². The summed E-state index contributed by atoms with van der Waals surface area (Å²) in [5.41, 5.74) is 3.91. The van der Waals surface area contributed by atoms with Crippen molar-refractivity contribution in [2.24, 2.45) is 10.9 Å². The molecule has 156 valence electrons. The van der Waals surface area contributed by atoms with Gasteiger partial charge in [-0.05, 0) is 34.9 Å². The van der Waals surface area contributed by atoms with Crippen LogP contribution in [0, 0.1) is 5.92 Å². The largest absolute Gasteiger partial charge is 0.352 e. The molecule has 0 radical (unpaired) electrons. The summed E-state index contributed by atoms with van der Waals surface area (Å²) < 4.78 is 1.84. The number of piperidine rings is 1. The van der Waals surface area contributed by atoms with Crippen molar-refractivity contribution in [3.05, 3.63) is 83.9 Å². The lowest BCUT2D eigenvalue weighted by Crippen LogP contribution is -2.47. The van der Waals surface area contributed by atoms with Crippen LogP contribution in [0.2, 0.25) is 0 Å². The van der Waals surface area contributed by atoms with Gasteiger partial charge in [0, 0.05) is 26.7 Å². The van der Waals surface area contributed by atoms with Gasteiger partial charge in [-0.2, -0.15) is 5.10 Å². The van der Waals surface area contributed by atoms with E-state index in [2.05, 4.69) is 86.8 Å². The average molecular weight is 403 g/mol. The molecule has 1 fully saturated rings. The first-order valence-corrected chi connectivity index (χ1v) is 10.6. The van der Waals surface area contributed by atoms with Crippen molar-refractivity contribution < 1.29 is 0 Å². The van der Waals surface area contributed by atoms with Gasteiger partial charge in [0.05, 0.1) is 6.54 Å². The smallest absolute Gasteiger partial charge is 0.193 e. The van der Waals surface area contributed by atoms with Crippen LogP contribution < -0.4 is 5.32 Å². The number of likely N-dealkylation sites (tertiary alicyclic amines) is 1. The number of aliphatic imine (C=N–C) groups is 1. The normalized spacial score (nSPS) is 19.7. The summed E-state index contributed by atoms with van der Waals surface area (Å²) in [6.45, 7) is 5.88. The molecular formula is C24H30N6. The molecule has 6 heteroatoms. The molecule has 4 rings (SSSR count). The molecule has 0 amide bonds. The number of nitrogens with one attached hydrogen (secondary N) is 1. The molecule has 2 heterocycles. The Labute approximate surface area is 178 Å². The topological polar surface area (TPSA) is 58.3 Å². The first-order valence-electron chi connectivity index (χ1n) is 10.6. The summed E-state index contributed by atoms with van der Waals surface area (Å²) in [7, 11) is 1.87. The van der Waals surface area contributed by atoms with E-state index in [1.807, 2.05) is 11.7 Å². The highest BCUT2D eigenvalue weighted by molar-refractivity contribution is 5.80. The molecule has 1 saturated heterocycles. The van der Waals surface area contributed by atoms with E-state index in [-0.39, 0.29) is 0 Å². The summed E-state index contributed by atoms with van der Waals surface area (Å²) in [6.07, 6.45) is 4.46. The van der Waals surface area contributed by atoms with Gasteiger partial charge in [0.15, 0.2) is 5.96 Å². The van der Waals surface area contributed by atoms with Crippen molar-refractivity contribution in [3.8, 4) is 0 Å². The molecule has 3 aromatic rings. The zero-order chi connectivity index (χ0) is 20.8. The van der Waals surface area contributed by atoms with E-state index in [0.29, 0.717) is 11.8 Å². The molecule has 2 atom stereocenters. The Morgan fingerprint density at radius 3 is 2.70 bits per heavy atom. The van der Waals surface area contributed by atoms with Crippen molar-refractivity contribution in [1.29, 1.82) is 0 Å². The van der Waals surface area contributed by atoms with E-state index in [0.717, 1.165) is 38.6 Å². The van der Waals surface area contributed by atoms with E-state index < -0.39 is 0 Å². The third kappa shape index (κ3) is 4.87. The Hall–Kier alpha value is -3.15. The first-order chi connectivity index (χ1) is 14.7. The molecule has 1 aromatic heterocycles. The van der Waals surface area contributed by atoms with Crippen LogP contribution in [0.4, 0.5) is 0 Å². The Balaban J connectivity index is 1.34. The predicted octanol–water partition coefficient (Wildman–Crippen LogP) is 3.53. The van der Waals surface area contributed by atoms with Crippen LogP contribution >= 0.6 is 0 Å². The maximum Gasteiger partial charge on any atom is 0.193 e. The van der Waals surface area contributed by atoms with Crippen LogP contribution in [0.5, 0.6) is 0 Å². The van der Waals surface area contributed by atoms with Crippen LogP contribution in [-0.4, -0.2) is 45.8 Å². The maximum absolute atomic E-state index is 4.55. The molecule has 2 aromatic carbocycles. The third-order valence-electron chi connectivity index (χ3n) is 5.90. The Morgan fingerprint density at radius 2 is 1.97 bits per heavy atom. The van der Waals surface area contributed by atoms with Gasteiger partial charge in [-0.15, -0.1) is 0 Å². The lowest BCUT2D eigenvalue weighted by atomic mass is 9.82. The Morgan fingerprint density at radius 1 is 1.13 bits per heavy atom. The summed E-state index contributed by atoms with van der Waals surface area (Å²) in [4.78, 5) is 11.0. The molecule has 0 bridgehead atoms. The van der Waals surface area contributed by atoms with Gasteiger partial charge in [-0.1, -0.05) is 61.5 Å². The number of hydrogen-bond acceptors (Lipinski definition) is 3. The molecule has 1 N–H and O–H groups in total. The fourth-order valence-corrected chi connectivity index (χ4v) is 4.39. The number of aromatic nitrogens is 3. The molecule has 1 aliphatic heterocycles. The lowest BCUT2D eigenvalue weighted by molar-refractivity contribution is 0.234. The minimum Gasteiger partial charge on any atom is -0.352 e. The molecule has 6 nitrogen and oxygen atoms in total. The third-order valence-corrected chi connectivity index (χ3v) is 5.90. The summed E-state index contributed by atoms with van der Waals surface area (Å²) >= 11 is 0. The predicted molar refractivity (Wildman–Crippen MR) is 120 cm³/mol. The van der Waals surface area contributed by atoms with Crippen molar-refractivity contribution in [3.63, 3.8) is 0 Å². The zero-order valence-electron chi connectivity index (χ0n) is 17.8. The molecule has 30 heavy (non-hydrogen) atoms. The standard InChI is InChI=1S/C24H30N6/c1-19-15-29(12-11-23(19)22-9-4-3-5-10-22)24(25-2)27-14-20-7-6-8-21(13-20)16-30-18-26-17-28-30/h3-10,13,17-19,23H,11-12,14-16H2,1-2H3,(H,25,27). The zero-order valence-corrected chi connectivity index (χ0v) is 17.8. The fourth-order valence-electron chi connectivity index (χ4n) is 4.39. The summed E-state index contributed by atoms with van der Waals surface area (Å²) in [5, 5.41) is 7.75. The van der Waals surface area contributed by atoms with E-state index in [9.17, 15) is 0 Å². The minimum absolute atomic E-state index is 0.589. The quantitative estimate of drug-likeness (QED) is 0.524. The highest BCUT2D eigenvalue weighted by atomic mass is 15.3. The molecular weight excluding hydrogens is 372 g/mol. The van der Waals surface area contributed by atoms with E-state index >= 15 is 0 Å². The lowest BCUT2D eigenvalue weighted by Gasteiger charge is -2.39.